The van der Waals surface area contributed by atoms with E-state index >= 15 is 0 Å². The molecule has 0 aliphatic carbocycles. The van der Waals surface area contributed by atoms with Crippen LogP contribution in [0.4, 0.5) is 0 Å². The number of rotatable bonds is 4. The number of benzene rings is 1. The SMILES string of the molecule is CCCCc1cc(C(C)=O)c(Br)c(Br)c1Br. The maximum Gasteiger partial charge on any atom is 0.160 e. The van der Waals surface area contributed by atoms with Crippen molar-refractivity contribution in [1.29, 1.82) is 0 Å². The van der Waals surface area contributed by atoms with E-state index in [1.807, 2.05) is 6.07 Å². The predicted octanol–water partition coefficient (Wildman–Crippen LogP) is 5.52. The van der Waals surface area contributed by atoms with Crippen molar-refractivity contribution in [3.05, 3.63) is 30.6 Å². The van der Waals surface area contributed by atoms with Crippen LogP contribution in [0.25, 0.3) is 0 Å². The monoisotopic (exact) mass is 410 g/mol. The average molecular weight is 413 g/mol. The normalized spacial score (nSPS) is 10.6. The van der Waals surface area contributed by atoms with Gasteiger partial charge in [0.15, 0.2) is 5.78 Å². The van der Waals surface area contributed by atoms with Gasteiger partial charge < -0.3 is 0 Å². The van der Waals surface area contributed by atoms with E-state index in [2.05, 4.69) is 54.7 Å². The number of halogens is 3. The Morgan fingerprint density at radius 3 is 2.31 bits per heavy atom. The zero-order valence-corrected chi connectivity index (χ0v) is 14.0. The molecule has 0 atom stereocenters. The van der Waals surface area contributed by atoms with Crippen molar-refractivity contribution in [2.45, 2.75) is 33.1 Å². The molecule has 1 rings (SSSR count). The van der Waals surface area contributed by atoms with Crippen LogP contribution in [0.2, 0.25) is 0 Å². The van der Waals surface area contributed by atoms with E-state index in [9.17, 15) is 4.79 Å². The Balaban J connectivity index is 3.24. The van der Waals surface area contributed by atoms with Gasteiger partial charge in [-0.25, -0.2) is 0 Å². The first-order valence-electron chi connectivity index (χ1n) is 5.16. The highest BCUT2D eigenvalue weighted by atomic mass is 79.9. The zero-order valence-electron chi connectivity index (χ0n) is 9.24. The van der Waals surface area contributed by atoms with Crippen LogP contribution in [-0.4, -0.2) is 5.78 Å². The molecule has 1 aromatic carbocycles. The zero-order chi connectivity index (χ0) is 12.3. The Labute approximate surface area is 121 Å². The third-order valence-electron chi connectivity index (χ3n) is 2.40. The maximum atomic E-state index is 11.5. The first-order valence-corrected chi connectivity index (χ1v) is 7.54. The molecule has 0 bridgehead atoms. The molecule has 88 valence electrons. The molecular weight excluding hydrogens is 400 g/mol. The summed E-state index contributed by atoms with van der Waals surface area (Å²) in [6.07, 6.45) is 3.27. The van der Waals surface area contributed by atoms with Gasteiger partial charge in [-0.1, -0.05) is 13.3 Å². The fourth-order valence-electron chi connectivity index (χ4n) is 1.46. The summed E-state index contributed by atoms with van der Waals surface area (Å²) in [5.74, 6) is 0.0813. The molecule has 0 saturated heterocycles. The highest BCUT2D eigenvalue weighted by Crippen LogP contribution is 2.37. The fourth-order valence-corrected chi connectivity index (χ4v) is 3.30. The molecule has 0 unspecified atom stereocenters. The van der Waals surface area contributed by atoms with Gasteiger partial charge in [-0.2, -0.15) is 0 Å². The lowest BCUT2D eigenvalue weighted by molar-refractivity contribution is 0.101. The van der Waals surface area contributed by atoms with Crippen LogP contribution in [0.5, 0.6) is 0 Å². The second-order valence-electron chi connectivity index (χ2n) is 3.68. The number of unbranched alkanes of at least 4 members (excludes halogenated alkanes) is 1. The number of carbonyl (C=O) groups is 1. The third kappa shape index (κ3) is 3.17. The van der Waals surface area contributed by atoms with Crippen molar-refractivity contribution in [1.82, 2.24) is 0 Å². The van der Waals surface area contributed by atoms with E-state index in [-0.39, 0.29) is 5.78 Å². The van der Waals surface area contributed by atoms with Crippen molar-refractivity contribution in [2.75, 3.05) is 0 Å². The molecule has 16 heavy (non-hydrogen) atoms. The van der Waals surface area contributed by atoms with Gasteiger partial charge in [0.1, 0.15) is 0 Å². The molecule has 1 aromatic rings. The smallest absolute Gasteiger partial charge is 0.160 e. The molecule has 0 amide bonds. The van der Waals surface area contributed by atoms with Gasteiger partial charge >= 0.3 is 0 Å². The minimum atomic E-state index is 0.0813. The summed E-state index contributed by atoms with van der Waals surface area (Å²) >= 11 is 10.5. The van der Waals surface area contributed by atoms with Gasteiger partial charge in [0.25, 0.3) is 0 Å². The van der Waals surface area contributed by atoms with Crippen LogP contribution >= 0.6 is 47.8 Å². The van der Waals surface area contributed by atoms with Gasteiger partial charge in [0, 0.05) is 19.0 Å². The summed E-state index contributed by atoms with van der Waals surface area (Å²) in [7, 11) is 0. The topological polar surface area (TPSA) is 17.1 Å². The lowest BCUT2D eigenvalue weighted by Gasteiger charge is -2.11. The number of aryl methyl sites for hydroxylation is 1. The third-order valence-corrected chi connectivity index (χ3v) is 5.99. The van der Waals surface area contributed by atoms with Crippen molar-refractivity contribution in [3.63, 3.8) is 0 Å². The molecule has 0 fully saturated rings. The van der Waals surface area contributed by atoms with Crippen molar-refractivity contribution in [2.24, 2.45) is 0 Å². The first-order chi connectivity index (χ1) is 7.49. The second kappa shape index (κ2) is 6.31. The summed E-state index contributed by atoms with van der Waals surface area (Å²) in [6, 6.07) is 1.97. The van der Waals surface area contributed by atoms with Crippen LogP contribution in [0, 0.1) is 0 Å². The summed E-state index contributed by atoms with van der Waals surface area (Å²) in [6.45, 7) is 3.75. The Morgan fingerprint density at radius 2 is 1.81 bits per heavy atom. The van der Waals surface area contributed by atoms with Gasteiger partial charge in [0.05, 0.1) is 0 Å². The molecule has 4 heteroatoms. The Bertz CT molecular complexity index is 413. The summed E-state index contributed by atoms with van der Waals surface area (Å²) in [5.41, 5.74) is 1.92. The predicted molar refractivity (Wildman–Crippen MR) is 78.2 cm³/mol. The number of hydrogen-bond donors (Lipinski definition) is 0. The van der Waals surface area contributed by atoms with E-state index < -0.39 is 0 Å². The van der Waals surface area contributed by atoms with E-state index in [4.69, 9.17) is 0 Å². The van der Waals surface area contributed by atoms with Gasteiger partial charge in [0.2, 0.25) is 0 Å². The van der Waals surface area contributed by atoms with Crippen molar-refractivity contribution < 1.29 is 4.79 Å². The van der Waals surface area contributed by atoms with E-state index in [0.29, 0.717) is 0 Å². The Kier molecular flexibility index (Phi) is 5.68. The van der Waals surface area contributed by atoms with Crippen LogP contribution < -0.4 is 0 Å². The fraction of sp³-hybridized carbons (Fsp3) is 0.417. The van der Waals surface area contributed by atoms with Gasteiger partial charge in [-0.05, 0) is 79.2 Å². The van der Waals surface area contributed by atoms with E-state index in [0.717, 1.165) is 38.2 Å². The first kappa shape index (κ1) is 14.4. The van der Waals surface area contributed by atoms with Crippen LogP contribution in [0.15, 0.2) is 19.5 Å². The molecule has 0 N–H and O–H groups in total. The quantitative estimate of drug-likeness (QED) is 0.470. The molecule has 0 aromatic heterocycles. The highest BCUT2D eigenvalue weighted by molar-refractivity contribution is 9.14. The van der Waals surface area contributed by atoms with Crippen LogP contribution in [0.1, 0.15) is 42.6 Å². The lowest BCUT2D eigenvalue weighted by Crippen LogP contribution is -1.99. The molecule has 1 nitrogen and oxygen atoms in total. The molecule has 0 radical (unpaired) electrons. The van der Waals surface area contributed by atoms with E-state index in [1.54, 1.807) is 6.92 Å². The largest absolute Gasteiger partial charge is 0.294 e. The minimum Gasteiger partial charge on any atom is -0.294 e. The Hall–Kier alpha value is 0.330. The lowest BCUT2D eigenvalue weighted by atomic mass is 10.0. The molecule has 0 aliphatic rings. The molecule has 0 spiro atoms. The standard InChI is InChI=1S/C12H13Br3O/c1-3-4-5-8-6-9(7(2)16)11(14)12(15)10(8)13/h6H,3-5H2,1-2H3. The number of Topliss-reactive ketones (excluding diaryl/α,β-unsaturated/α-hetero) is 1. The van der Waals surface area contributed by atoms with Gasteiger partial charge in [-0.3, -0.25) is 4.79 Å². The van der Waals surface area contributed by atoms with Crippen LogP contribution in [-0.2, 0) is 6.42 Å². The maximum absolute atomic E-state index is 11.5. The van der Waals surface area contributed by atoms with Crippen molar-refractivity contribution >= 4 is 53.6 Å². The second-order valence-corrected chi connectivity index (χ2v) is 6.06. The van der Waals surface area contributed by atoms with E-state index in [1.165, 1.54) is 5.56 Å². The average Bonchev–Trinajstić information content (AvgIpc) is 2.24. The number of carbonyl (C=O) groups excluding carboxylic acids is 1. The molecule has 0 saturated carbocycles. The van der Waals surface area contributed by atoms with Crippen LogP contribution in [0.3, 0.4) is 0 Å². The highest BCUT2D eigenvalue weighted by Gasteiger charge is 2.15. The minimum absolute atomic E-state index is 0.0813. The number of hydrogen-bond acceptors (Lipinski definition) is 1. The Morgan fingerprint density at radius 1 is 1.19 bits per heavy atom. The summed E-state index contributed by atoms with van der Waals surface area (Å²) < 4.78 is 2.79. The summed E-state index contributed by atoms with van der Waals surface area (Å²) in [5, 5.41) is 0. The molecular formula is C12H13Br3O. The number of ketones is 1. The summed E-state index contributed by atoms with van der Waals surface area (Å²) in [4.78, 5) is 11.5. The molecule has 0 aliphatic heterocycles. The van der Waals surface area contributed by atoms with Gasteiger partial charge in [-0.15, -0.1) is 0 Å². The molecule has 0 heterocycles. The van der Waals surface area contributed by atoms with Crippen molar-refractivity contribution in [3.8, 4) is 0 Å².